The van der Waals surface area contributed by atoms with Crippen molar-refractivity contribution in [2.75, 3.05) is 13.2 Å². The van der Waals surface area contributed by atoms with Crippen LogP contribution < -0.4 is 5.32 Å². The molecular formula is C19H28ClN3O3. The molecule has 2 fully saturated rings. The maximum atomic E-state index is 12.1. The zero-order valence-corrected chi connectivity index (χ0v) is 16.5. The molecule has 2 aliphatic rings. The first kappa shape index (κ1) is 19.4. The van der Waals surface area contributed by atoms with Crippen LogP contribution in [0, 0.1) is 12.8 Å². The maximum Gasteiger partial charge on any atom is 0.244 e. The van der Waals surface area contributed by atoms with Crippen molar-refractivity contribution >= 4 is 23.6 Å². The third-order valence-electron chi connectivity index (χ3n) is 4.83. The number of ether oxygens (including phenoxy) is 2. The highest BCUT2D eigenvalue weighted by molar-refractivity contribution is 6.31. The fraction of sp³-hybridized carbons (Fsp3) is 0.684. The maximum absolute atomic E-state index is 12.1. The topological polar surface area (TPSA) is 65.4 Å². The Morgan fingerprint density at radius 1 is 1.46 bits per heavy atom. The molecule has 3 rings (SSSR count). The molecule has 1 saturated heterocycles. The molecule has 7 heteroatoms. The molecule has 1 amide bonds. The van der Waals surface area contributed by atoms with Gasteiger partial charge in [0.2, 0.25) is 5.91 Å². The molecule has 1 saturated carbocycles. The number of aryl methyl sites for hydroxylation is 1. The monoisotopic (exact) mass is 381 g/mol. The van der Waals surface area contributed by atoms with Crippen LogP contribution in [-0.2, 0) is 20.8 Å². The normalized spacial score (nSPS) is 22.1. The Hall–Kier alpha value is -1.37. The standard InChI is InChI=1S/C19H28ClN3O3/c1-13(2)11-23-18(20)16(14(3)22-23)6-7-17(24)21-10-15-12-25-19(26-15)8-4-5-9-19/h6-7,13,15H,4-5,8-12H2,1-3H3,(H,21,24)/b7-6+. The summed E-state index contributed by atoms with van der Waals surface area (Å²) in [5.41, 5.74) is 1.60. The number of nitrogens with zero attached hydrogens (tertiary/aromatic N) is 2. The Kier molecular flexibility index (Phi) is 6.05. The van der Waals surface area contributed by atoms with Gasteiger partial charge in [-0.1, -0.05) is 25.4 Å². The summed E-state index contributed by atoms with van der Waals surface area (Å²) >= 11 is 6.39. The second kappa shape index (κ2) is 8.11. The van der Waals surface area contributed by atoms with Crippen LogP contribution in [0.4, 0.5) is 0 Å². The van der Waals surface area contributed by atoms with E-state index in [1.54, 1.807) is 10.8 Å². The molecule has 0 radical (unpaired) electrons. The number of hydrogen-bond acceptors (Lipinski definition) is 4. The van der Waals surface area contributed by atoms with Crippen LogP contribution >= 0.6 is 11.6 Å². The van der Waals surface area contributed by atoms with E-state index >= 15 is 0 Å². The van der Waals surface area contributed by atoms with Crippen molar-refractivity contribution in [2.24, 2.45) is 5.92 Å². The highest BCUT2D eigenvalue weighted by Gasteiger charge is 2.43. The van der Waals surface area contributed by atoms with Gasteiger partial charge in [-0.15, -0.1) is 0 Å². The van der Waals surface area contributed by atoms with E-state index in [0.717, 1.165) is 43.5 Å². The summed E-state index contributed by atoms with van der Waals surface area (Å²) < 4.78 is 13.6. The van der Waals surface area contributed by atoms with E-state index in [-0.39, 0.29) is 17.8 Å². The molecule has 1 atom stereocenters. The highest BCUT2D eigenvalue weighted by atomic mass is 35.5. The number of carbonyl (C=O) groups excluding carboxylic acids is 1. The first-order valence-electron chi connectivity index (χ1n) is 9.39. The summed E-state index contributed by atoms with van der Waals surface area (Å²) in [4.78, 5) is 12.1. The molecule has 26 heavy (non-hydrogen) atoms. The number of nitrogens with one attached hydrogen (secondary N) is 1. The van der Waals surface area contributed by atoms with E-state index in [9.17, 15) is 4.79 Å². The van der Waals surface area contributed by atoms with E-state index in [2.05, 4.69) is 24.3 Å². The summed E-state index contributed by atoms with van der Waals surface area (Å²) in [6.07, 6.45) is 7.34. The molecular weight excluding hydrogens is 354 g/mol. The fourth-order valence-corrected chi connectivity index (χ4v) is 3.86. The van der Waals surface area contributed by atoms with Gasteiger partial charge in [0, 0.05) is 37.6 Å². The minimum Gasteiger partial charge on any atom is -0.350 e. The third kappa shape index (κ3) is 4.48. The Balaban J connectivity index is 1.51. The van der Waals surface area contributed by atoms with Crippen molar-refractivity contribution < 1.29 is 14.3 Å². The van der Waals surface area contributed by atoms with E-state index in [1.807, 2.05) is 6.92 Å². The zero-order chi connectivity index (χ0) is 18.7. The first-order chi connectivity index (χ1) is 12.4. The van der Waals surface area contributed by atoms with Crippen LogP contribution in [-0.4, -0.2) is 40.7 Å². The quantitative estimate of drug-likeness (QED) is 0.768. The van der Waals surface area contributed by atoms with Crippen molar-refractivity contribution in [2.45, 2.75) is 64.9 Å². The lowest BCUT2D eigenvalue weighted by Gasteiger charge is -2.21. The van der Waals surface area contributed by atoms with Crippen LogP contribution in [0.2, 0.25) is 5.15 Å². The van der Waals surface area contributed by atoms with E-state index in [0.29, 0.717) is 24.2 Å². The molecule has 1 unspecified atom stereocenters. The fourth-order valence-electron chi connectivity index (χ4n) is 3.55. The summed E-state index contributed by atoms with van der Waals surface area (Å²) in [6, 6.07) is 0. The van der Waals surface area contributed by atoms with Gasteiger partial charge in [0.15, 0.2) is 5.79 Å². The average molecular weight is 382 g/mol. The lowest BCUT2D eigenvalue weighted by molar-refractivity contribution is -0.161. The molecule has 0 aromatic carbocycles. The van der Waals surface area contributed by atoms with Crippen molar-refractivity contribution in [3.8, 4) is 0 Å². The molecule has 1 aromatic heterocycles. The molecule has 6 nitrogen and oxygen atoms in total. The van der Waals surface area contributed by atoms with Gasteiger partial charge >= 0.3 is 0 Å². The summed E-state index contributed by atoms with van der Waals surface area (Å²) in [5.74, 6) is -0.113. The summed E-state index contributed by atoms with van der Waals surface area (Å²) in [7, 11) is 0. The molecule has 2 heterocycles. The number of hydrogen-bond donors (Lipinski definition) is 1. The number of halogens is 1. The molecule has 144 valence electrons. The minimum absolute atomic E-state index is 0.0791. The third-order valence-corrected chi connectivity index (χ3v) is 5.23. The van der Waals surface area contributed by atoms with Crippen molar-refractivity contribution in [3.63, 3.8) is 0 Å². The SMILES string of the molecule is Cc1nn(CC(C)C)c(Cl)c1/C=C/C(=O)NCC1COC2(CCCC2)O1. The Labute approximate surface area is 159 Å². The van der Waals surface area contributed by atoms with Crippen molar-refractivity contribution in [1.29, 1.82) is 0 Å². The van der Waals surface area contributed by atoms with Crippen LogP contribution in [0.5, 0.6) is 0 Å². The van der Waals surface area contributed by atoms with Gasteiger partial charge in [0.05, 0.1) is 12.3 Å². The lowest BCUT2D eigenvalue weighted by Crippen LogP contribution is -2.34. The van der Waals surface area contributed by atoms with Gasteiger partial charge in [0.1, 0.15) is 11.3 Å². The second-order valence-electron chi connectivity index (χ2n) is 7.61. The molecule has 1 N–H and O–H groups in total. The number of amides is 1. The minimum atomic E-state index is -0.388. The molecule has 0 bridgehead atoms. The molecule has 1 spiro atoms. The van der Waals surface area contributed by atoms with Crippen LogP contribution in [0.15, 0.2) is 6.08 Å². The predicted octanol–water partition coefficient (Wildman–Crippen LogP) is 3.32. The van der Waals surface area contributed by atoms with Gasteiger partial charge < -0.3 is 14.8 Å². The zero-order valence-electron chi connectivity index (χ0n) is 15.8. The average Bonchev–Trinajstić information content (AvgIpc) is 3.27. The van der Waals surface area contributed by atoms with E-state index in [1.165, 1.54) is 6.08 Å². The number of carbonyl (C=O) groups is 1. The predicted molar refractivity (Wildman–Crippen MR) is 101 cm³/mol. The number of aromatic nitrogens is 2. The molecule has 1 aliphatic carbocycles. The van der Waals surface area contributed by atoms with Crippen LogP contribution in [0.1, 0.15) is 50.8 Å². The van der Waals surface area contributed by atoms with E-state index < -0.39 is 0 Å². The first-order valence-corrected chi connectivity index (χ1v) is 9.77. The lowest BCUT2D eigenvalue weighted by atomic mass is 10.2. The van der Waals surface area contributed by atoms with Gasteiger partial charge in [-0.3, -0.25) is 9.48 Å². The smallest absolute Gasteiger partial charge is 0.244 e. The summed E-state index contributed by atoms with van der Waals surface area (Å²) in [5, 5.41) is 7.89. The summed E-state index contributed by atoms with van der Waals surface area (Å²) in [6.45, 7) is 7.86. The molecule has 1 aliphatic heterocycles. The Morgan fingerprint density at radius 2 is 2.19 bits per heavy atom. The Bertz CT molecular complexity index is 678. The van der Waals surface area contributed by atoms with Crippen LogP contribution in [0.25, 0.3) is 6.08 Å². The molecule has 1 aromatic rings. The van der Waals surface area contributed by atoms with Crippen molar-refractivity contribution in [1.82, 2.24) is 15.1 Å². The van der Waals surface area contributed by atoms with Gasteiger partial charge in [-0.05, 0) is 31.8 Å². The van der Waals surface area contributed by atoms with Crippen LogP contribution in [0.3, 0.4) is 0 Å². The van der Waals surface area contributed by atoms with Crippen molar-refractivity contribution in [3.05, 3.63) is 22.5 Å². The second-order valence-corrected chi connectivity index (χ2v) is 7.97. The van der Waals surface area contributed by atoms with E-state index in [4.69, 9.17) is 21.1 Å². The van der Waals surface area contributed by atoms with Gasteiger partial charge in [-0.2, -0.15) is 5.10 Å². The highest BCUT2D eigenvalue weighted by Crippen LogP contribution is 2.38. The largest absolute Gasteiger partial charge is 0.350 e. The van der Waals surface area contributed by atoms with Gasteiger partial charge in [0.25, 0.3) is 0 Å². The number of rotatable bonds is 6. The van der Waals surface area contributed by atoms with Gasteiger partial charge in [-0.25, -0.2) is 0 Å². The Morgan fingerprint density at radius 3 is 2.88 bits per heavy atom.